The average molecular weight is 1070 g/mol. The van der Waals surface area contributed by atoms with Crippen LogP contribution in [-0.2, 0) is 66.7 Å². The predicted molar refractivity (Wildman–Crippen MR) is 283 cm³/mol. The van der Waals surface area contributed by atoms with Crippen molar-refractivity contribution in [1.82, 2.24) is 4.90 Å². The van der Waals surface area contributed by atoms with E-state index in [1.165, 1.54) is 12.0 Å². The van der Waals surface area contributed by atoms with Gasteiger partial charge in [0.25, 0.3) is 11.7 Å². The number of rotatable bonds is 8. The Kier molecular flexibility index (Phi) is 23.0. The highest BCUT2D eigenvalue weighted by atomic mass is 16.7. The summed E-state index contributed by atoms with van der Waals surface area (Å²) >= 11 is 0. The van der Waals surface area contributed by atoms with Crippen LogP contribution in [-0.4, -0.2) is 152 Å². The molecular formula is C59H91NO16. The van der Waals surface area contributed by atoms with Gasteiger partial charge >= 0.3 is 11.9 Å². The normalized spacial score (nSPS) is 38.8. The van der Waals surface area contributed by atoms with Gasteiger partial charge in [0, 0.05) is 58.5 Å². The van der Waals surface area contributed by atoms with E-state index < -0.39 is 113 Å². The number of aliphatic hydroxyl groups is 2. The van der Waals surface area contributed by atoms with Gasteiger partial charge < -0.3 is 53.0 Å². The molecule has 1 aliphatic carbocycles. The smallest absolute Gasteiger partial charge is 0.329 e. The number of fused-ring (bicyclic) bond motifs is 3. The zero-order valence-electron chi connectivity index (χ0n) is 47.7. The molecule has 5 rings (SSSR count). The number of aliphatic hydroxyl groups excluding tert-OH is 1. The van der Waals surface area contributed by atoms with E-state index >= 15 is 0 Å². The first-order chi connectivity index (χ1) is 35.8. The fourth-order valence-electron chi connectivity index (χ4n) is 11.4. The number of esters is 2. The van der Waals surface area contributed by atoms with Crippen LogP contribution >= 0.6 is 0 Å². The quantitative estimate of drug-likeness (QED) is 0.136. The van der Waals surface area contributed by atoms with Crippen molar-refractivity contribution in [2.75, 3.05) is 41.1 Å². The van der Waals surface area contributed by atoms with Crippen LogP contribution in [0.3, 0.4) is 0 Å². The zero-order valence-corrected chi connectivity index (χ0v) is 47.7. The Morgan fingerprint density at radius 3 is 2.18 bits per heavy atom. The molecule has 3 saturated heterocycles. The minimum Gasteiger partial charge on any atom is -0.460 e. The van der Waals surface area contributed by atoms with Gasteiger partial charge in [-0.2, -0.15) is 0 Å². The second-order valence-electron chi connectivity index (χ2n) is 23.5. The molecule has 76 heavy (non-hydrogen) atoms. The van der Waals surface area contributed by atoms with Gasteiger partial charge in [-0.1, -0.05) is 71.1 Å². The van der Waals surface area contributed by atoms with E-state index in [-0.39, 0.29) is 56.0 Å². The van der Waals surface area contributed by atoms with Crippen LogP contribution in [0.25, 0.3) is 0 Å². The van der Waals surface area contributed by atoms with E-state index in [1.54, 1.807) is 61.8 Å². The lowest BCUT2D eigenvalue weighted by Gasteiger charge is -2.43. The van der Waals surface area contributed by atoms with Crippen LogP contribution in [0.5, 0.6) is 0 Å². The third kappa shape index (κ3) is 16.1. The van der Waals surface area contributed by atoms with Crippen LogP contribution in [0, 0.1) is 40.9 Å². The van der Waals surface area contributed by atoms with E-state index in [2.05, 4.69) is 0 Å². The minimum atomic E-state index is -2.46. The summed E-state index contributed by atoms with van der Waals surface area (Å²) in [5, 5.41) is 23.6. The number of amides is 1. The van der Waals surface area contributed by atoms with Crippen molar-refractivity contribution in [3.05, 3.63) is 47.6 Å². The number of nitrogens with zero attached hydrogens (tertiary/aromatic N) is 1. The molecule has 0 aromatic heterocycles. The fourth-order valence-corrected chi connectivity index (χ4v) is 11.4. The average Bonchev–Trinajstić information content (AvgIpc) is 3.39. The minimum absolute atomic E-state index is 0.000496. The van der Waals surface area contributed by atoms with Gasteiger partial charge in [-0.25, -0.2) is 4.79 Å². The SMILES string of the molecule is CO[C@H]1C[C@@H]2CC[C@@H](C)[C@@](O)(O2)C(=O)C(=O)N2CCCC[C@H]2C(=O)O[C@H]([C@H](C)CC2CC[C@@H](OC(=O)C3(C)COC(C)(C)OC3)[C@H](OC)C2)CC(=O)[C@H](C)/C=C(\C)[C@@H](O)[C@@H](OC)C(=O)[C@H](C)C[C@H](C)/C=C/C=C/C=C/1C. The Labute approximate surface area is 451 Å². The van der Waals surface area contributed by atoms with E-state index in [0.717, 1.165) is 5.57 Å². The molecule has 1 amide bonds. The Balaban J connectivity index is 1.43. The van der Waals surface area contributed by atoms with E-state index in [1.807, 2.05) is 58.1 Å². The number of allylic oxidation sites excluding steroid dienone is 6. The van der Waals surface area contributed by atoms with E-state index in [9.17, 15) is 39.0 Å². The maximum Gasteiger partial charge on any atom is 0.329 e. The number of Topliss-reactive ketones (excluding diaryl/α,β-unsaturated/α-hetero) is 3. The van der Waals surface area contributed by atoms with Crippen LogP contribution in [0.2, 0.25) is 0 Å². The Morgan fingerprint density at radius 1 is 0.829 bits per heavy atom. The third-order valence-electron chi connectivity index (χ3n) is 16.7. The second-order valence-corrected chi connectivity index (χ2v) is 23.5. The van der Waals surface area contributed by atoms with Gasteiger partial charge in [-0.3, -0.25) is 24.0 Å². The molecule has 2 bridgehead atoms. The van der Waals surface area contributed by atoms with Crippen molar-refractivity contribution in [1.29, 1.82) is 0 Å². The molecule has 15 atom stereocenters. The number of piperidine rings is 1. The summed E-state index contributed by atoms with van der Waals surface area (Å²) in [4.78, 5) is 86.3. The van der Waals surface area contributed by atoms with Gasteiger partial charge in [0.1, 0.15) is 41.7 Å². The number of ketones is 3. The number of methoxy groups -OCH3 is 3. The van der Waals surface area contributed by atoms with Gasteiger partial charge in [0.2, 0.25) is 5.79 Å². The summed E-state index contributed by atoms with van der Waals surface area (Å²) in [6, 6.07) is -1.18. The monoisotopic (exact) mass is 1070 g/mol. The molecule has 4 aliphatic heterocycles. The highest BCUT2D eigenvalue weighted by Crippen LogP contribution is 2.39. The number of hydrogen-bond acceptors (Lipinski definition) is 16. The molecule has 2 N–H and O–H groups in total. The summed E-state index contributed by atoms with van der Waals surface area (Å²) in [5.41, 5.74) is 0.243. The summed E-state index contributed by atoms with van der Waals surface area (Å²) < 4.78 is 47.6. The molecule has 4 fully saturated rings. The Bertz CT molecular complexity index is 2140. The lowest BCUT2D eigenvalue weighted by Crippen LogP contribution is -2.61. The van der Waals surface area contributed by atoms with Gasteiger partial charge in [-0.15, -0.1) is 0 Å². The molecule has 428 valence electrons. The highest BCUT2D eigenvalue weighted by molar-refractivity contribution is 6.39. The lowest BCUT2D eigenvalue weighted by molar-refractivity contribution is -0.283. The van der Waals surface area contributed by atoms with Gasteiger partial charge in [0.15, 0.2) is 11.6 Å². The number of cyclic esters (lactones) is 1. The molecule has 1 unspecified atom stereocenters. The summed E-state index contributed by atoms with van der Waals surface area (Å²) in [7, 11) is 4.52. The maximum atomic E-state index is 14.6. The maximum absolute atomic E-state index is 14.6. The predicted octanol–water partition coefficient (Wildman–Crippen LogP) is 7.52. The molecule has 0 aromatic rings. The molecular weight excluding hydrogens is 979 g/mol. The van der Waals surface area contributed by atoms with Crippen molar-refractivity contribution in [3.8, 4) is 0 Å². The summed E-state index contributed by atoms with van der Waals surface area (Å²) in [6.07, 6.45) is 10.5. The molecule has 1 saturated carbocycles. The molecule has 17 heteroatoms. The first kappa shape index (κ1) is 62.9. The van der Waals surface area contributed by atoms with Crippen LogP contribution in [0.1, 0.15) is 146 Å². The number of hydrogen-bond donors (Lipinski definition) is 2. The molecule has 4 heterocycles. The fraction of sp³-hybridized carbons (Fsp3) is 0.763. The molecule has 0 aromatic carbocycles. The van der Waals surface area contributed by atoms with Crippen molar-refractivity contribution in [2.24, 2.45) is 40.9 Å². The second kappa shape index (κ2) is 27.8. The zero-order chi connectivity index (χ0) is 56.3. The number of carbonyl (C=O) groups excluding carboxylic acids is 6. The lowest BCUT2D eigenvalue weighted by atomic mass is 9.78. The van der Waals surface area contributed by atoms with Crippen molar-refractivity contribution < 1.29 is 76.9 Å². The number of carbonyl (C=O) groups is 6. The van der Waals surface area contributed by atoms with Gasteiger partial charge in [-0.05, 0) is 128 Å². The number of ether oxygens (including phenoxy) is 8. The first-order valence-electron chi connectivity index (χ1n) is 27.8. The van der Waals surface area contributed by atoms with Crippen LogP contribution in [0.4, 0.5) is 0 Å². The Morgan fingerprint density at radius 2 is 1.53 bits per heavy atom. The molecule has 5 aliphatic rings. The molecule has 0 spiro atoms. The first-order valence-corrected chi connectivity index (χ1v) is 27.8. The topological polar surface area (TPSA) is 220 Å². The van der Waals surface area contributed by atoms with Crippen LogP contribution < -0.4 is 0 Å². The highest BCUT2D eigenvalue weighted by Gasteiger charge is 2.53. The molecule has 0 radical (unpaired) electrons. The Hall–Kier alpha value is -3.94. The largest absolute Gasteiger partial charge is 0.460 e. The van der Waals surface area contributed by atoms with Crippen molar-refractivity contribution >= 4 is 35.2 Å². The molecule has 17 nitrogen and oxygen atoms in total. The van der Waals surface area contributed by atoms with Gasteiger partial charge in [0.05, 0.1) is 31.5 Å². The standard InChI is InChI=1S/C59H91NO16/c1-35-19-15-14-16-20-36(2)47(69-11)31-43-24-22-41(7)59(68,76-43)53(64)54(65)60-26-18-17-21-44(60)55(66)74-48(32-45(61)37(3)28-40(6)51(63)52(71-13)50(62)39(5)27-35)38(4)29-42-23-25-46(49(30-42)70-12)75-56(67)58(10)33-72-57(8,9)73-34-58/h14-16,19-20,28,35,37-39,41-44,46-49,51-52,63,68H,17-18,21-27,29-34H2,1-13H3/b16-14+,19-15+,36-20+,40-28+/t35-,37-,38-,39-,41-,42?,43+,44+,46-,47+,48+,49-,51-,52+,59-/m1/s1. The summed E-state index contributed by atoms with van der Waals surface area (Å²) in [5.74, 6) is -9.63. The van der Waals surface area contributed by atoms with Crippen molar-refractivity contribution in [3.63, 3.8) is 0 Å². The van der Waals surface area contributed by atoms with E-state index in [4.69, 9.17) is 37.9 Å². The van der Waals surface area contributed by atoms with E-state index in [0.29, 0.717) is 69.8 Å². The van der Waals surface area contributed by atoms with Crippen LogP contribution in [0.15, 0.2) is 47.6 Å². The third-order valence-corrected chi connectivity index (χ3v) is 16.7. The van der Waals surface area contributed by atoms with Crippen molar-refractivity contribution in [2.45, 2.75) is 207 Å². The summed E-state index contributed by atoms with van der Waals surface area (Å²) in [6.45, 7) is 18.3.